The number of hydrogen-bond donors (Lipinski definition) is 1. The second-order valence-corrected chi connectivity index (χ2v) is 7.34. The quantitative estimate of drug-likeness (QED) is 0.643. The van der Waals surface area contributed by atoms with Gasteiger partial charge in [-0.25, -0.2) is 14.3 Å². The van der Waals surface area contributed by atoms with E-state index in [2.05, 4.69) is 10.4 Å². The lowest BCUT2D eigenvalue weighted by atomic mass is 10.0. The number of rotatable bonds is 5. The first kappa shape index (κ1) is 20.3. The summed E-state index contributed by atoms with van der Waals surface area (Å²) in [7, 11) is 0. The Balaban J connectivity index is 1.65. The molecule has 2 aromatic carbocycles. The number of benzene rings is 2. The van der Waals surface area contributed by atoms with Crippen LogP contribution in [0.3, 0.4) is 0 Å². The van der Waals surface area contributed by atoms with Crippen LogP contribution in [-0.4, -0.2) is 52.3 Å². The molecule has 0 radical (unpaired) electrons. The molecule has 1 N–H and O–H groups in total. The molecule has 31 heavy (non-hydrogen) atoms. The largest absolute Gasteiger partial charge is 0.452 e. The van der Waals surface area contributed by atoms with Gasteiger partial charge in [0.15, 0.2) is 6.61 Å². The molecule has 158 valence electrons. The summed E-state index contributed by atoms with van der Waals surface area (Å²) in [6.45, 7) is 4.08. The van der Waals surface area contributed by atoms with Gasteiger partial charge in [0, 0.05) is 24.8 Å². The number of imide groups is 1. The highest BCUT2D eigenvalue weighted by Gasteiger charge is 2.28. The highest BCUT2D eigenvalue weighted by atomic mass is 16.5. The average molecular weight is 418 g/mol. The van der Waals surface area contributed by atoms with Crippen molar-refractivity contribution < 1.29 is 19.1 Å². The van der Waals surface area contributed by atoms with E-state index in [0.717, 1.165) is 27.3 Å². The van der Waals surface area contributed by atoms with Crippen molar-refractivity contribution in [1.82, 2.24) is 20.0 Å². The summed E-state index contributed by atoms with van der Waals surface area (Å²) in [5.74, 6) is -1.24. The number of para-hydroxylation sites is 1. The number of esters is 1. The molecular weight excluding hydrogens is 396 g/mol. The summed E-state index contributed by atoms with van der Waals surface area (Å²) in [6.07, 6.45) is 1.60. The van der Waals surface area contributed by atoms with Crippen LogP contribution >= 0.6 is 0 Å². The minimum Gasteiger partial charge on any atom is -0.452 e. The van der Waals surface area contributed by atoms with Crippen LogP contribution in [0, 0.1) is 13.8 Å². The molecule has 2 heterocycles. The van der Waals surface area contributed by atoms with Crippen molar-refractivity contribution in [2.24, 2.45) is 0 Å². The lowest BCUT2D eigenvalue weighted by Crippen LogP contribution is -2.37. The van der Waals surface area contributed by atoms with Crippen molar-refractivity contribution in [3.05, 3.63) is 71.4 Å². The number of amides is 3. The first-order valence-corrected chi connectivity index (χ1v) is 9.92. The Morgan fingerprint density at radius 3 is 2.58 bits per heavy atom. The van der Waals surface area contributed by atoms with Crippen molar-refractivity contribution in [3.8, 4) is 16.9 Å². The van der Waals surface area contributed by atoms with E-state index < -0.39 is 24.5 Å². The number of carbonyl (C=O) groups excluding carboxylic acids is 3. The van der Waals surface area contributed by atoms with E-state index in [0.29, 0.717) is 12.2 Å². The summed E-state index contributed by atoms with van der Waals surface area (Å²) >= 11 is 0. The third-order valence-corrected chi connectivity index (χ3v) is 5.08. The second-order valence-electron chi connectivity index (χ2n) is 7.34. The van der Waals surface area contributed by atoms with Gasteiger partial charge in [-0.15, -0.1) is 0 Å². The van der Waals surface area contributed by atoms with Crippen LogP contribution in [0.2, 0.25) is 0 Å². The highest BCUT2D eigenvalue weighted by molar-refractivity contribution is 6.00. The SMILES string of the molecule is Cc1ccc(-c2nn(-c3ccccc3)cc2C(=O)OCC(=O)N2CCNC2=O)c(C)c1. The van der Waals surface area contributed by atoms with Gasteiger partial charge in [-0.3, -0.25) is 9.69 Å². The first-order chi connectivity index (χ1) is 14.9. The van der Waals surface area contributed by atoms with Crippen LogP contribution < -0.4 is 5.32 Å². The van der Waals surface area contributed by atoms with Crippen LogP contribution in [0.4, 0.5) is 4.79 Å². The molecule has 3 amide bonds. The van der Waals surface area contributed by atoms with Gasteiger partial charge in [-0.2, -0.15) is 5.10 Å². The second kappa shape index (κ2) is 8.43. The fourth-order valence-electron chi connectivity index (χ4n) is 3.51. The van der Waals surface area contributed by atoms with Crippen LogP contribution in [0.1, 0.15) is 21.5 Å². The maximum absolute atomic E-state index is 12.9. The number of aromatic nitrogens is 2. The normalized spacial score (nSPS) is 13.2. The van der Waals surface area contributed by atoms with Crippen LogP contribution in [0.25, 0.3) is 16.9 Å². The molecule has 1 aliphatic rings. The van der Waals surface area contributed by atoms with Crippen molar-refractivity contribution in [1.29, 1.82) is 0 Å². The molecule has 8 heteroatoms. The average Bonchev–Trinajstić information content (AvgIpc) is 3.39. The zero-order valence-corrected chi connectivity index (χ0v) is 17.3. The van der Waals surface area contributed by atoms with Crippen LogP contribution in [0.5, 0.6) is 0 Å². The molecule has 0 spiro atoms. The van der Waals surface area contributed by atoms with Gasteiger partial charge in [-0.1, -0.05) is 42.0 Å². The van der Waals surface area contributed by atoms with E-state index in [1.807, 2.05) is 62.4 Å². The fraction of sp³-hybridized carbons (Fsp3) is 0.217. The Bertz CT molecular complexity index is 1150. The first-order valence-electron chi connectivity index (χ1n) is 9.92. The number of nitrogens with zero attached hydrogens (tertiary/aromatic N) is 3. The number of ether oxygens (including phenoxy) is 1. The van der Waals surface area contributed by atoms with Crippen molar-refractivity contribution >= 4 is 17.9 Å². The Morgan fingerprint density at radius 1 is 1.13 bits per heavy atom. The number of carbonyl (C=O) groups is 3. The van der Waals surface area contributed by atoms with Crippen LogP contribution in [-0.2, 0) is 9.53 Å². The molecule has 0 unspecified atom stereocenters. The van der Waals surface area contributed by atoms with Crippen LogP contribution in [0.15, 0.2) is 54.7 Å². The predicted molar refractivity (Wildman–Crippen MR) is 114 cm³/mol. The smallest absolute Gasteiger partial charge is 0.342 e. The number of nitrogens with one attached hydrogen (secondary N) is 1. The van der Waals surface area contributed by atoms with Gasteiger partial charge in [0.1, 0.15) is 11.3 Å². The third-order valence-electron chi connectivity index (χ3n) is 5.08. The maximum Gasteiger partial charge on any atom is 0.342 e. The lowest BCUT2D eigenvalue weighted by molar-refractivity contribution is -0.130. The Morgan fingerprint density at radius 2 is 1.90 bits per heavy atom. The molecule has 4 rings (SSSR count). The maximum atomic E-state index is 12.9. The summed E-state index contributed by atoms with van der Waals surface area (Å²) in [5.41, 5.74) is 4.38. The summed E-state index contributed by atoms with van der Waals surface area (Å²) in [6, 6.07) is 14.8. The van der Waals surface area contributed by atoms with Gasteiger partial charge in [0.05, 0.1) is 5.69 Å². The topological polar surface area (TPSA) is 93.5 Å². The van der Waals surface area contributed by atoms with Gasteiger partial charge >= 0.3 is 12.0 Å². The molecule has 0 saturated carbocycles. The predicted octanol–water partition coefficient (Wildman–Crippen LogP) is 2.86. The standard InChI is InChI=1S/C23H22N4O4/c1-15-8-9-18(16(2)12-15)21-19(13-27(25-21)17-6-4-3-5-7-17)22(29)31-14-20(28)26-11-10-24-23(26)30/h3-9,12-13H,10-11,14H2,1-2H3,(H,24,30). The molecule has 8 nitrogen and oxygen atoms in total. The van der Waals surface area contributed by atoms with E-state index in [4.69, 9.17) is 4.74 Å². The highest BCUT2D eigenvalue weighted by Crippen LogP contribution is 2.28. The van der Waals surface area contributed by atoms with Gasteiger partial charge in [0.25, 0.3) is 5.91 Å². The van der Waals surface area contributed by atoms with Crippen molar-refractivity contribution in [2.75, 3.05) is 19.7 Å². The summed E-state index contributed by atoms with van der Waals surface area (Å²) in [5, 5.41) is 7.18. The molecular formula is C23H22N4O4. The number of aryl methyl sites for hydroxylation is 2. The van der Waals surface area contributed by atoms with E-state index in [-0.39, 0.29) is 12.1 Å². The third kappa shape index (κ3) is 4.18. The molecule has 1 saturated heterocycles. The zero-order chi connectivity index (χ0) is 22.0. The zero-order valence-electron chi connectivity index (χ0n) is 17.3. The molecule has 1 aromatic heterocycles. The molecule has 3 aromatic rings. The minimum atomic E-state index is -0.676. The van der Waals surface area contributed by atoms with Gasteiger partial charge in [0.2, 0.25) is 0 Å². The number of urea groups is 1. The Hall–Kier alpha value is -3.94. The van der Waals surface area contributed by atoms with Crippen molar-refractivity contribution in [2.45, 2.75) is 13.8 Å². The lowest BCUT2D eigenvalue weighted by Gasteiger charge is -2.12. The molecule has 0 atom stereocenters. The molecule has 0 aliphatic carbocycles. The fourth-order valence-corrected chi connectivity index (χ4v) is 3.51. The summed E-state index contributed by atoms with van der Waals surface area (Å²) < 4.78 is 6.87. The van der Waals surface area contributed by atoms with E-state index in [1.165, 1.54) is 0 Å². The molecule has 1 aliphatic heterocycles. The van der Waals surface area contributed by atoms with E-state index in [1.54, 1.807) is 10.9 Å². The molecule has 0 bridgehead atoms. The van der Waals surface area contributed by atoms with E-state index in [9.17, 15) is 14.4 Å². The van der Waals surface area contributed by atoms with E-state index >= 15 is 0 Å². The monoisotopic (exact) mass is 418 g/mol. The minimum absolute atomic E-state index is 0.245. The number of hydrogen-bond acceptors (Lipinski definition) is 5. The summed E-state index contributed by atoms with van der Waals surface area (Å²) in [4.78, 5) is 37.8. The van der Waals surface area contributed by atoms with Crippen molar-refractivity contribution in [3.63, 3.8) is 0 Å². The van der Waals surface area contributed by atoms with Gasteiger partial charge in [-0.05, 0) is 31.5 Å². The van der Waals surface area contributed by atoms with Gasteiger partial charge < -0.3 is 10.1 Å². The Kier molecular flexibility index (Phi) is 5.53. The Labute approximate surface area is 179 Å². The molecule has 1 fully saturated rings.